The molecule has 13 heavy (non-hydrogen) atoms. The molecule has 0 spiro atoms. The summed E-state index contributed by atoms with van der Waals surface area (Å²) in [5, 5.41) is 2.77. The summed E-state index contributed by atoms with van der Waals surface area (Å²) in [5.41, 5.74) is 2.57. The summed E-state index contributed by atoms with van der Waals surface area (Å²) in [6.07, 6.45) is 2.86. The van der Waals surface area contributed by atoms with Crippen LogP contribution in [0.4, 0.5) is 4.39 Å². The Morgan fingerprint density at radius 3 is 2.92 bits per heavy atom. The Kier molecular flexibility index (Phi) is 1.38. The number of benzene rings is 1. The van der Waals surface area contributed by atoms with Gasteiger partial charge in [-0.3, -0.25) is 0 Å². The third kappa shape index (κ3) is 0.858. The molecule has 0 fully saturated rings. The standard InChI is InChI=1S/C11H10FP/c1-6-8(12)3-2-7-9-4-5-10(13-9)11(6)7/h2-6,8,13H,1H3. The first-order chi connectivity index (χ1) is 6.27. The summed E-state index contributed by atoms with van der Waals surface area (Å²) < 4.78 is 13.4. The first kappa shape index (κ1) is 7.58. The Hall–Kier alpha value is -0.810. The van der Waals surface area contributed by atoms with Gasteiger partial charge in [-0.15, -0.1) is 8.19 Å². The molecule has 2 aromatic rings. The molecule has 3 rings (SSSR count). The molecule has 3 atom stereocenters. The fourth-order valence-electron chi connectivity index (χ4n) is 2.18. The van der Waals surface area contributed by atoms with E-state index in [1.54, 1.807) is 6.08 Å². The van der Waals surface area contributed by atoms with Crippen LogP contribution in [0.2, 0.25) is 0 Å². The maximum atomic E-state index is 13.4. The molecule has 3 unspecified atom stereocenters. The number of rotatable bonds is 0. The summed E-state index contributed by atoms with van der Waals surface area (Å²) >= 11 is 0. The van der Waals surface area contributed by atoms with E-state index in [4.69, 9.17) is 0 Å². The van der Waals surface area contributed by atoms with Crippen molar-refractivity contribution < 1.29 is 4.39 Å². The molecule has 0 saturated heterocycles. The smallest absolute Gasteiger partial charge is 0.125 e. The van der Waals surface area contributed by atoms with E-state index in [2.05, 4.69) is 12.1 Å². The fourth-order valence-corrected chi connectivity index (χ4v) is 3.66. The van der Waals surface area contributed by atoms with Gasteiger partial charge in [0.15, 0.2) is 0 Å². The molecule has 0 amide bonds. The molecule has 0 N–H and O–H groups in total. The first-order valence-electron chi connectivity index (χ1n) is 4.53. The van der Waals surface area contributed by atoms with Crippen molar-refractivity contribution in [3.05, 3.63) is 29.3 Å². The van der Waals surface area contributed by atoms with Gasteiger partial charge in [0.25, 0.3) is 0 Å². The van der Waals surface area contributed by atoms with Crippen molar-refractivity contribution in [2.75, 3.05) is 0 Å². The highest BCUT2D eigenvalue weighted by Crippen LogP contribution is 2.46. The molecule has 0 aromatic carbocycles. The van der Waals surface area contributed by atoms with E-state index >= 15 is 0 Å². The summed E-state index contributed by atoms with van der Waals surface area (Å²) in [6, 6.07) is 4.32. The molecule has 0 nitrogen and oxygen atoms in total. The van der Waals surface area contributed by atoms with Crippen LogP contribution in [0, 0.1) is 0 Å². The van der Waals surface area contributed by atoms with E-state index in [0.29, 0.717) is 0 Å². The Morgan fingerprint density at radius 1 is 1.31 bits per heavy atom. The van der Waals surface area contributed by atoms with E-state index < -0.39 is 6.17 Å². The van der Waals surface area contributed by atoms with E-state index in [-0.39, 0.29) is 5.92 Å². The fraction of sp³-hybridized carbons (Fsp3) is 0.273. The van der Waals surface area contributed by atoms with Crippen molar-refractivity contribution >= 4 is 24.5 Å². The van der Waals surface area contributed by atoms with Gasteiger partial charge in [-0.1, -0.05) is 13.0 Å². The number of alkyl halides is 1. The van der Waals surface area contributed by atoms with Gasteiger partial charge in [0.1, 0.15) is 6.17 Å². The maximum absolute atomic E-state index is 13.4. The van der Waals surface area contributed by atoms with Crippen molar-refractivity contribution in [2.24, 2.45) is 0 Å². The number of fused-ring (bicyclic) bond motifs is 5. The minimum absolute atomic E-state index is 0.0601. The molecular formula is C11H10FP. The minimum Gasteiger partial charge on any atom is -0.242 e. The zero-order chi connectivity index (χ0) is 9.00. The highest BCUT2D eigenvalue weighted by molar-refractivity contribution is 7.43. The zero-order valence-corrected chi connectivity index (χ0v) is 8.34. The van der Waals surface area contributed by atoms with E-state index in [0.717, 1.165) is 8.19 Å². The minimum atomic E-state index is -0.788. The lowest BCUT2D eigenvalue weighted by Crippen LogP contribution is -2.11. The molecule has 2 heterocycles. The van der Waals surface area contributed by atoms with Gasteiger partial charge in [0, 0.05) is 5.92 Å². The number of hydrogen-bond donors (Lipinski definition) is 0. The summed E-state index contributed by atoms with van der Waals surface area (Å²) in [4.78, 5) is 0. The van der Waals surface area contributed by atoms with Crippen molar-refractivity contribution in [2.45, 2.75) is 19.0 Å². The van der Waals surface area contributed by atoms with Crippen molar-refractivity contribution in [3.8, 4) is 0 Å². The second-order valence-corrected chi connectivity index (χ2v) is 5.03. The summed E-state index contributed by atoms with van der Waals surface area (Å²) in [6.45, 7) is 1.98. The third-order valence-electron chi connectivity index (χ3n) is 2.94. The van der Waals surface area contributed by atoms with Gasteiger partial charge in [0.2, 0.25) is 0 Å². The van der Waals surface area contributed by atoms with Crippen molar-refractivity contribution in [1.29, 1.82) is 0 Å². The largest absolute Gasteiger partial charge is 0.242 e. The van der Waals surface area contributed by atoms with Crippen LogP contribution in [0.5, 0.6) is 0 Å². The van der Waals surface area contributed by atoms with Gasteiger partial charge in [0.05, 0.1) is 0 Å². The normalized spacial score (nSPS) is 27.5. The highest BCUT2D eigenvalue weighted by Gasteiger charge is 2.26. The van der Waals surface area contributed by atoms with Crippen LogP contribution >= 0.6 is 8.19 Å². The zero-order valence-electron chi connectivity index (χ0n) is 7.34. The third-order valence-corrected chi connectivity index (χ3v) is 4.35. The summed E-state index contributed by atoms with van der Waals surface area (Å²) in [5.74, 6) is 0.0601. The van der Waals surface area contributed by atoms with Gasteiger partial charge in [-0.05, 0) is 39.6 Å². The molecule has 2 bridgehead atoms. The topological polar surface area (TPSA) is 0 Å². The first-order valence-corrected chi connectivity index (χ1v) is 5.53. The average Bonchev–Trinajstić information content (AvgIpc) is 2.70. The lowest BCUT2D eigenvalue weighted by atomic mass is 9.87. The number of allylic oxidation sites excluding steroid dienone is 1. The van der Waals surface area contributed by atoms with Crippen molar-refractivity contribution in [3.63, 3.8) is 0 Å². The molecule has 2 aromatic heterocycles. The van der Waals surface area contributed by atoms with Gasteiger partial charge in [-0.25, -0.2) is 4.39 Å². The second kappa shape index (κ2) is 2.36. The van der Waals surface area contributed by atoms with Crippen molar-refractivity contribution in [1.82, 2.24) is 0 Å². The molecule has 2 heteroatoms. The Balaban J connectivity index is 2.34. The number of halogens is 1. The Bertz CT molecular complexity index is 469. The van der Waals surface area contributed by atoms with Crippen LogP contribution in [0.25, 0.3) is 16.3 Å². The van der Waals surface area contributed by atoms with Crippen LogP contribution < -0.4 is 0 Å². The van der Waals surface area contributed by atoms with Crippen LogP contribution in [0.15, 0.2) is 18.2 Å². The van der Waals surface area contributed by atoms with Gasteiger partial charge in [-0.2, -0.15) is 0 Å². The lowest BCUT2D eigenvalue weighted by Gasteiger charge is -2.19. The quantitative estimate of drug-likeness (QED) is 0.595. The molecule has 66 valence electrons. The monoisotopic (exact) mass is 192 g/mol. The van der Waals surface area contributed by atoms with Gasteiger partial charge >= 0.3 is 0 Å². The second-order valence-electron chi connectivity index (χ2n) is 3.71. The Labute approximate surface area is 77.9 Å². The molecule has 0 aliphatic heterocycles. The SMILES string of the molecule is CC1c2c(c3ccc2[pH]3)C=CC1F. The highest BCUT2D eigenvalue weighted by atomic mass is 31.0. The van der Waals surface area contributed by atoms with Crippen LogP contribution in [-0.4, -0.2) is 6.17 Å². The summed E-state index contributed by atoms with van der Waals surface area (Å²) in [7, 11) is 0.787. The number of hydrogen-bond acceptors (Lipinski definition) is 0. The van der Waals surface area contributed by atoms with E-state index in [9.17, 15) is 4.39 Å². The maximum Gasteiger partial charge on any atom is 0.125 e. The van der Waals surface area contributed by atoms with Crippen LogP contribution in [0.1, 0.15) is 24.0 Å². The molecular weight excluding hydrogens is 182 g/mol. The van der Waals surface area contributed by atoms with Gasteiger partial charge < -0.3 is 0 Å². The van der Waals surface area contributed by atoms with E-state index in [1.807, 2.05) is 13.0 Å². The average molecular weight is 192 g/mol. The Morgan fingerprint density at radius 2 is 2.08 bits per heavy atom. The predicted octanol–water partition coefficient (Wildman–Crippen LogP) is 3.78. The van der Waals surface area contributed by atoms with E-state index in [1.165, 1.54) is 21.4 Å². The molecule has 0 saturated carbocycles. The van der Waals surface area contributed by atoms with Crippen LogP contribution in [-0.2, 0) is 0 Å². The lowest BCUT2D eigenvalue weighted by molar-refractivity contribution is 0.353. The molecule has 1 aliphatic rings. The molecule has 1 aliphatic carbocycles. The predicted molar refractivity (Wildman–Crippen MR) is 57.0 cm³/mol. The van der Waals surface area contributed by atoms with Crippen LogP contribution in [0.3, 0.4) is 0 Å². The molecule has 0 radical (unpaired) electrons.